The normalized spacial score (nSPS) is 16.4. The number of hydrogen-bond donors (Lipinski definition) is 4. The second-order valence-corrected chi connectivity index (χ2v) is 5.81. The highest BCUT2D eigenvalue weighted by molar-refractivity contribution is 5.85. The first-order chi connectivity index (χ1) is 8.95. The van der Waals surface area contributed by atoms with Crippen molar-refractivity contribution in [1.82, 2.24) is 10.6 Å². The topological polar surface area (TPSA) is 99.7 Å². The van der Waals surface area contributed by atoms with Gasteiger partial charge in [0, 0.05) is 24.4 Å². The van der Waals surface area contributed by atoms with Crippen LogP contribution in [0.15, 0.2) is 5.16 Å². The lowest BCUT2D eigenvalue weighted by Crippen LogP contribution is -2.33. The molecule has 1 amide bonds. The smallest absolute Gasteiger partial charge is 0.221 e. The molecule has 0 aliphatic heterocycles. The van der Waals surface area contributed by atoms with Crippen LogP contribution in [0.5, 0.6) is 0 Å². The Hall–Kier alpha value is -1.30. The third kappa shape index (κ3) is 6.42. The molecule has 1 rings (SSSR count). The molecule has 6 nitrogen and oxygen atoms in total. The van der Waals surface area contributed by atoms with Crippen molar-refractivity contribution in [2.75, 3.05) is 13.1 Å². The molecule has 0 aromatic rings. The van der Waals surface area contributed by atoms with Gasteiger partial charge in [0.2, 0.25) is 5.91 Å². The summed E-state index contributed by atoms with van der Waals surface area (Å²) in [6.07, 6.45) is 4.54. The van der Waals surface area contributed by atoms with Gasteiger partial charge in [-0.05, 0) is 32.2 Å². The highest BCUT2D eigenvalue weighted by Gasteiger charge is 2.23. The Morgan fingerprint density at radius 2 is 2.11 bits per heavy atom. The molecule has 110 valence electrons. The van der Waals surface area contributed by atoms with Crippen molar-refractivity contribution in [2.45, 2.75) is 52.0 Å². The summed E-state index contributed by atoms with van der Waals surface area (Å²) >= 11 is 0. The highest BCUT2D eigenvalue weighted by Crippen LogP contribution is 2.21. The first-order valence-corrected chi connectivity index (χ1v) is 6.94. The summed E-state index contributed by atoms with van der Waals surface area (Å²) in [6.45, 7) is 5.43. The van der Waals surface area contributed by atoms with Gasteiger partial charge in [0.1, 0.15) is 5.84 Å². The fourth-order valence-electron chi connectivity index (χ4n) is 1.77. The Kier molecular flexibility index (Phi) is 6.08. The van der Waals surface area contributed by atoms with E-state index in [-0.39, 0.29) is 17.2 Å². The Morgan fingerprint density at radius 3 is 2.68 bits per heavy atom. The van der Waals surface area contributed by atoms with Crippen molar-refractivity contribution < 1.29 is 10.0 Å². The number of oxime groups is 1. The zero-order valence-electron chi connectivity index (χ0n) is 11.9. The molecule has 5 N–H and O–H groups in total. The summed E-state index contributed by atoms with van der Waals surface area (Å²) < 4.78 is 0. The second kappa shape index (κ2) is 7.33. The molecule has 0 saturated heterocycles. The molecular weight excluding hydrogens is 244 g/mol. The first-order valence-electron chi connectivity index (χ1n) is 6.94. The molecule has 0 radical (unpaired) electrons. The van der Waals surface area contributed by atoms with Crippen molar-refractivity contribution in [2.24, 2.45) is 16.3 Å². The van der Waals surface area contributed by atoms with Crippen molar-refractivity contribution >= 4 is 11.7 Å². The number of nitrogens with zero attached hydrogens (tertiary/aromatic N) is 1. The van der Waals surface area contributed by atoms with E-state index in [4.69, 9.17) is 10.9 Å². The van der Waals surface area contributed by atoms with Gasteiger partial charge < -0.3 is 21.6 Å². The van der Waals surface area contributed by atoms with Crippen LogP contribution >= 0.6 is 0 Å². The van der Waals surface area contributed by atoms with Crippen LogP contribution in [-0.4, -0.2) is 36.1 Å². The van der Waals surface area contributed by atoms with Crippen LogP contribution in [0.1, 0.15) is 46.0 Å². The molecule has 0 bridgehead atoms. The third-order valence-electron chi connectivity index (χ3n) is 3.43. The summed E-state index contributed by atoms with van der Waals surface area (Å²) in [4.78, 5) is 11.4. The van der Waals surface area contributed by atoms with E-state index in [9.17, 15) is 4.79 Å². The molecule has 0 aromatic carbocycles. The molecule has 0 heterocycles. The molecule has 1 aliphatic rings. The zero-order chi connectivity index (χ0) is 14.3. The molecule has 0 unspecified atom stereocenters. The van der Waals surface area contributed by atoms with E-state index in [0.29, 0.717) is 19.0 Å². The number of rotatable bonds is 9. The largest absolute Gasteiger partial charge is 0.409 e. The first kappa shape index (κ1) is 15.8. The molecule has 19 heavy (non-hydrogen) atoms. The van der Waals surface area contributed by atoms with Crippen LogP contribution in [0, 0.1) is 5.41 Å². The second-order valence-electron chi connectivity index (χ2n) is 5.81. The van der Waals surface area contributed by atoms with Gasteiger partial charge in [-0.3, -0.25) is 4.79 Å². The zero-order valence-corrected chi connectivity index (χ0v) is 11.9. The average molecular weight is 270 g/mol. The van der Waals surface area contributed by atoms with Gasteiger partial charge in [-0.2, -0.15) is 0 Å². The number of nitrogens with two attached hydrogens (primary N) is 1. The molecular formula is C13H26N4O2. The Morgan fingerprint density at radius 1 is 1.42 bits per heavy atom. The lowest BCUT2D eigenvalue weighted by atomic mass is 9.86. The summed E-state index contributed by atoms with van der Waals surface area (Å²) in [5.74, 6) is 0.392. The predicted octanol–water partition coefficient (Wildman–Crippen LogP) is 0.798. The average Bonchev–Trinajstić information content (AvgIpc) is 3.16. The Labute approximate surface area is 114 Å². The van der Waals surface area contributed by atoms with Crippen molar-refractivity contribution in [1.29, 1.82) is 0 Å². The summed E-state index contributed by atoms with van der Waals surface area (Å²) in [5, 5.41) is 17.9. The van der Waals surface area contributed by atoms with Crippen LogP contribution in [0.4, 0.5) is 0 Å². The predicted molar refractivity (Wildman–Crippen MR) is 75.1 cm³/mol. The third-order valence-corrected chi connectivity index (χ3v) is 3.43. The van der Waals surface area contributed by atoms with Crippen LogP contribution in [0.25, 0.3) is 0 Å². The van der Waals surface area contributed by atoms with Crippen molar-refractivity contribution in [3.63, 3.8) is 0 Å². The minimum atomic E-state index is -0.292. The number of carbonyl (C=O) groups is 1. The Balaban J connectivity index is 1.99. The number of hydrogen-bond acceptors (Lipinski definition) is 4. The quantitative estimate of drug-likeness (QED) is 0.164. The van der Waals surface area contributed by atoms with Gasteiger partial charge >= 0.3 is 0 Å². The summed E-state index contributed by atoms with van der Waals surface area (Å²) in [6, 6.07) is 0.439. The van der Waals surface area contributed by atoms with Crippen molar-refractivity contribution in [3.8, 4) is 0 Å². The SMILES string of the molecule is CC(C)(CCCNCCC(=O)NC1CC1)C(N)=NO. The monoisotopic (exact) mass is 270 g/mol. The molecule has 0 atom stereocenters. The van der Waals surface area contributed by atoms with Crippen molar-refractivity contribution in [3.05, 3.63) is 0 Å². The van der Waals surface area contributed by atoms with E-state index < -0.39 is 0 Å². The summed E-state index contributed by atoms with van der Waals surface area (Å²) in [5.41, 5.74) is 5.32. The minimum Gasteiger partial charge on any atom is -0.409 e. The van der Waals surface area contributed by atoms with E-state index in [1.165, 1.54) is 0 Å². The lowest BCUT2D eigenvalue weighted by molar-refractivity contribution is -0.121. The maximum atomic E-state index is 11.4. The molecule has 0 aromatic heterocycles. The van der Waals surface area contributed by atoms with Crippen LogP contribution in [-0.2, 0) is 4.79 Å². The molecule has 1 saturated carbocycles. The van der Waals surface area contributed by atoms with Crippen LogP contribution < -0.4 is 16.4 Å². The minimum absolute atomic E-state index is 0.131. The van der Waals surface area contributed by atoms with Gasteiger partial charge in [-0.25, -0.2) is 0 Å². The Bertz CT molecular complexity index is 325. The number of carbonyl (C=O) groups excluding carboxylic acids is 1. The van der Waals surface area contributed by atoms with Crippen LogP contribution in [0.2, 0.25) is 0 Å². The standard InChI is InChI=1S/C13H26N4O2/c1-13(2,12(14)17-19)7-3-8-15-9-6-11(18)16-10-4-5-10/h10,15,19H,3-9H2,1-2H3,(H2,14,17)(H,16,18). The van der Waals surface area contributed by atoms with E-state index in [0.717, 1.165) is 32.2 Å². The van der Waals surface area contributed by atoms with E-state index >= 15 is 0 Å². The lowest BCUT2D eigenvalue weighted by Gasteiger charge is -2.22. The van der Waals surface area contributed by atoms with E-state index in [2.05, 4.69) is 15.8 Å². The highest BCUT2D eigenvalue weighted by atomic mass is 16.4. The fraction of sp³-hybridized carbons (Fsp3) is 0.846. The number of nitrogens with one attached hydrogen (secondary N) is 2. The number of amidine groups is 1. The van der Waals surface area contributed by atoms with Gasteiger partial charge in [0.25, 0.3) is 0 Å². The van der Waals surface area contributed by atoms with Gasteiger partial charge in [-0.15, -0.1) is 0 Å². The maximum Gasteiger partial charge on any atom is 0.221 e. The molecule has 1 fully saturated rings. The van der Waals surface area contributed by atoms with Crippen LogP contribution in [0.3, 0.4) is 0 Å². The van der Waals surface area contributed by atoms with Gasteiger partial charge in [-0.1, -0.05) is 19.0 Å². The van der Waals surface area contributed by atoms with Gasteiger partial charge in [0.15, 0.2) is 0 Å². The van der Waals surface area contributed by atoms with Gasteiger partial charge in [0.05, 0.1) is 0 Å². The molecule has 0 spiro atoms. The summed E-state index contributed by atoms with van der Waals surface area (Å²) in [7, 11) is 0. The number of amides is 1. The molecule has 6 heteroatoms. The van der Waals surface area contributed by atoms with E-state index in [1.54, 1.807) is 0 Å². The maximum absolute atomic E-state index is 11.4. The molecule has 1 aliphatic carbocycles. The van der Waals surface area contributed by atoms with E-state index in [1.807, 2.05) is 13.8 Å². The fourth-order valence-corrected chi connectivity index (χ4v) is 1.77.